The Morgan fingerprint density at radius 1 is 1.23 bits per heavy atom. The number of hydrogen-bond donors (Lipinski definition) is 0. The van der Waals surface area contributed by atoms with Crippen molar-refractivity contribution in [2.45, 2.75) is 26.2 Å². The number of amides is 1. The van der Waals surface area contributed by atoms with Crippen LogP contribution in [0.1, 0.15) is 24.1 Å². The monoisotopic (exact) mass is 354 g/mol. The molecule has 138 valence electrons. The Kier molecular flexibility index (Phi) is 6.10. The lowest BCUT2D eigenvalue weighted by Gasteiger charge is -2.32. The average Bonchev–Trinajstić information content (AvgIpc) is 2.67. The lowest BCUT2D eigenvalue weighted by atomic mass is 9.98. The summed E-state index contributed by atoms with van der Waals surface area (Å²) in [5, 5.41) is 0. The summed E-state index contributed by atoms with van der Waals surface area (Å²) in [4.78, 5) is 19.0. The molecule has 3 rings (SSSR count). The molecule has 2 heterocycles. The highest BCUT2D eigenvalue weighted by atomic mass is 16.5. The fraction of sp³-hybridized carbons (Fsp3) is 0.429. The predicted octanol–water partition coefficient (Wildman–Crippen LogP) is 3.26. The molecule has 1 saturated heterocycles. The summed E-state index contributed by atoms with van der Waals surface area (Å²) < 4.78 is 11.2. The number of nitrogens with zero attached hydrogens (tertiary/aromatic N) is 2. The molecule has 0 bridgehead atoms. The Hall–Kier alpha value is -2.56. The van der Waals surface area contributed by atoms with E-state index in [9.17, 15) is 4.79 Å². The Bertz CT molecular complexity index is 748. The van der Waals surface area contributed by atoms with Gasteiger partial charge in [-0.3, -0.25) is 4.79 Å². The lowest BCUT2D eigenvalue weighted by molar-refractivity contribution is -0.132. The van der Waals surface area contributed by atoms with Crippen LogP contribution in [0, 0.1) is 12.8 Å². The van der Waals surface area contributed by atoms with Crippen molar-refractivity contribution in [3.8, 4) is 11.6 Å². The molecule has 26 heavy (non-hydrogen) atoms. The number of carbonyl (C=O) groups is 1. The Morgan fingerprint density at radius 2 is 2.08 bits per heavy atom. The average molecular weight is 354 g/mol. The third-order valence-electron chi connectivity index (χ3n) is 4.74. The van der Waals surface area contributed by atoms with E-state index < -0.39 is 0 Å². The number of methoxy groups -OCH3 is 1. The summed E-state index contributed by atoms with van der Waals surface area (Å²) in [6, 6.07) is 13.5. The lowest BCUT2D eigenvalue weighted by Crippen LogP contribution is -2.42. The van der Waals surface area contributed by atoms with Gasteiger partial charge in [-0.1, -0.05) is 24.3 Å². The Morgan fingerprint density at radius 3 is 2.88 bits per heavy atom. The van der Waals surface area contributed by atoms with Crippen LogP contribution in [0.25, 0.3) is 0 Å². The second kappa shape index (κ2) is 8.70. The van der Waals surface area contributed by atoms with Crippen LogP contribution >= 0.6 is 0 Å². The number of aryl methyl sites for hydroxylation is 1. The highest BCUT2D eigenvalue weighted by molar-refractivity contribution is 5.79. The number of rotatable bonds is 6. The molecule has 1 aliphatic rings. The molecule has 0 N–H and O–H groups in total. The minimum Gasteiger partial charge on any atom is -0.496 e. The summed E-state index contributed by atoms with van der Waals surface area (Å²) in [5.41, 5.74) is 1.88. The van der Waals surface area contributed by atoms with Crippen LogP contribution in [0.15, 0.2) is 42.5 Å². The Labute approximate surface area is 155 Å². The maximum absolute atomic E-state index is 12.7. The first-order valence-electron chi connectivity index (χ1n) is 9.12. The zero-order valence-electron chi connectivity index (χ0n) is 15.5. The number of carbonyl (C=O) groups excluding carboxylic acids is 1. The van der Waals surface area contributed by atoms with E-state index in [1.54, 1.807) is 7.11 Å². The minimum absolute atomic E-state index is 0.146. The van der Waals surface area contributed by atoms with Crippen molar-refractivity contribution < 1.29 is 14.3 Å². The van der Waals surface area contributed by atoms with Crippen molar-refractivity contribution in [3.63, 3.8) is 0 Å². The number of piperidine rings is 1. The van der Waals surface area contributed by atoms with Crippen molar-refractivity contribution in [1.29, 1.82) is 0 Å². The molecule has 0 aliphatic carbocycles. The van der Waals surface area contributed by atoms with Gasteiger partial charge in [0.2, 0.25) is 11.8 Å². The van der Waals surface area contributed by atoms with Gasteiger partial charge in [-0.2, -0.15) is 0 Å². The fourth-order valence-electron chi connectivity index (χ4n) is 3.35. The van der Waals surface area contributed by atoms with Gasteiger partial charge in [-0.15, -0.1) is 0 Å². The SMILES string of the molecule is COc1ccccc1CC(=O)N1CCCC(COc2cccc(C)n2)C1. The van der Waals surface area contributed by atoms with Crippen LogP contribution in [0.4, 0.5) is 0 Å². The smallest absolute Gasteiger partial charge is 0.227 e. The van der Waals surface area contributed by atoms with Crippen LogP contribution in [0.2, 0.25) is 0 Å². The fourth-order valence-corrected chi connectivity index (χ4v) is 3.35. The molecular weight excluding hydrogens is 328 g/mol. The predicted molar refractivity (Wildman–Crippen MR) is 100 cm³/mol. The van der Waals surface area contributed by atoms with E-state index in [4.69, 9.17) is 9.47 Å². The molecule has 1 atom stereocenters. The van der Waals surface area contributed by atoms with E-state index in [-0.39, 0.29) is 5.91 Å². The Balaban J connectivity index is 1.55. The third kappa shape index (κ3) is 4.75. The molecule has 1 aromatic carbocycles. The van der Waals surface area contributed by atoms with E-state index in [1.165, 1.54) is 0 Å². The number of para-hydroxylation sites is 1. The van der Waals surface area contributed by atoms with Crippen molar-refractivity contribution in [3.05, 3.63) is 53.7 Å². The zero-order chi connectivity index (χ0) is 18.4. The molecule has 0 saturated carbocycles. The highest BCUT2D eigenvalue weighted by Crippen LogP contribution is 2.22. The van der Waals surface area contributed by atoms with E-state index in [0.29, 0.717) is 24.8 Å². The van der Waals surface area contributed by atoms with Crippen LogP contribution in [0.3, 0.4) is 0 Å². The molecule has 2 aromatic rings. The molecule has 1 amide bonds. The van der Waals surface area contributed by atoms with Gasteiger partial charge in [-0.05, 0) is 31.9 Å². The van der Waals surface area contributed by atoms with Gasteiger partial charge in [0, 0.05) is 36.3 Å². The van der Waals surface area contributed by atoms with Gasteiger partial charge in [0.05, 0.1) is 20.1 Å². The second-order valence-electron chi connectivity index (χ2n) is 6.76. The van der Waals surface area contributed by atoms with Gasteiger partial charge in [0.25, 0.3) is 0 Å². The topological polar surface area (TPSA) is 51.7 Å². The molecule has 0 radical (unpaired) electrons. The number of aromatic nitrogens is 1. The molecule has 1 aliphatic heterocycles. The third-order valence-corrected chi connectivity index (χ3v) is 4.74. The first-order chi connectivity index (χ1) is 12.7. The largest absolute Gasteiger partial charge is 0.496 e. The van der Waals surface area contributed by atoms with Crippen molar-refractivity contribution >= 4 is 5.91 Å². The van der Waals surface area contributed by atoms with Crippen molar-refractivity contribution in [2.75, 3.05) is 26.8 Å². The van der Waals surface area contributed by atoms with Crippen LogP contribution < -0.4 is 9.47 Å². The van der Waals surface area contributed by atoms with E-state index >= 15 is 0 Å². The quantitative estimate of drug-likeness (QED) is 0.799. The molecule has 1 fully saturated rings. The summed E-state index contributed by atoms with van der Waals surface area (Å²) in [5.74, 6) is 1.91. The minimum atomic E-state index is 0.146. The first-order valence-corrected chi connectivity index (χ1v) is 9.12. The molecule has 0 spiro atoms. The van der Waals surface area contributed by atoms with Crippen molar-refractivity contribution in [2.24, 2.45) is 5.92 Å². The first kappa shape index (κ1) is 18.2. The van der Waals surface area contributed by atoms with Gasteiger partial charge in [0.1, 0.15) is 5.75 Å². The maximum atomic E-state index is 12.7. The summed E-state index contributed by atoms with van der Waals surface area (Å²) in [7, 11) is 1.64. The number of ether oxygens (including phenoxy) is 2. The standard InChI is InChI=1S/C21H26N2O3/c1-16-7-5-11-20(22-16)26-15-17-8-6-12-23(14-17)21(24)13-18-9-3-4-10-19(18)25-2/h3-5,7,9-11,17H,6,8,12-15H2,1-2H3. The van der Waals surface area contributed by atoms with Crippen LogP contribution in [0.5, 0.6) is 11.6 Å². The normalized spacial score (nSPS) is 17.0. The van der Waals surface area contributed by atoms with Gasteiger partial charge in [-0.25, -0.2) is 4.98 Å². The maximum Gasteiger partial charge on any atom is 0.227 e. The number of benzene rings is 1. The number of pyridine rings is 1. The summed E-state index contributed by atoms with van der Waals surface area (Å²) >= 11 is 0. The molecular formula is C21H26N2O3. The van der Waals surface area contributed by atoms with Crippen molar-refractivity contribution in [1.82, 2.24) is 9.88 Å². The second-order valence-corrected chi connectivity index (χ2v) is 6.76. The molecule has 1 aromatic heterocycles. The number of hydrogen-bond acceptors (Lipinski definition) is 4. The zero-order valence-corrected chi connectivity index (χ0v) is 15.5. The summed E-state index contributed by atoms with van der Waals surface area (Å²) in [6.45, 7) is 4.09. The van der Waals surface area contributed by atoms with Crippen LogP contribution in [-0.2, 0) is 11.2 Å². The molecule has 1 unspecified atom stereocenters. The van der Waals surface area contributed by atoms with Gasteiger partial charge < -0.3 is 14.4 Å². The number of likely N-dealkylation sites (tertiary alicyclic amines) is 1. The van der Waals surface area contributed by atoms with E-state index in [2.05, 4.69) is 4.98 Å². The highest BCUT2D eigenvalue weighted by Gasteiger charge is 2.24. The van der Waals surface area contributed by atoms with Gasteiger partial charge in [0.15, 0.2) is 0 Å². The summed E-state index contributed by atoms with van der Waals surface area (Å²) in [6.07, 6.45) is 2.45. The van der Waals surface area contributed by atoms with E-state index in [0.717, 1.165) is 42.9 Å². The van der Waals surface area contributed by atoms with E-state index in [1.807, 2.05) is 54.3 Å². The van der Waals surface area contributed by atoms with Crippen LogP contribution in [-0.4, -0.2) is 42.6 Å². The molecule has 5 nitrogen and oxygen atoms in total. The molecule has 5 heteroatoms. The van der Waals surface area contributed by atoms with Gasteiger partial charge >= 0.3 is 0 Å².